The van der Waals surface area contributed by atoms with Gasteiger partial charge in [0, 0.05) is 19.3 Å². The fraction of sp³-hybridized carbons (Fsp3) is 1.00. The summed E-state index contributed by atoms with van der Waals surface area (Å²) in [5.74, 6) is 0.790. The largest absolute Gasteiger partial charge is 0.388 e. The maximum atomic E-state index is 11.4. The lowest BCUT2D eigenvalue weighted by atomic mass is 9.89. The van der Waals surface area contributed by atoms with E-state index >= 15 is 0 Å². The Balaban J connectivity index is 1.23. The molecule has 0 aromatic rings. The number of hydrogen-bond acceptors (Lipinski definition) is 9. The fourth-order valence-corrected chi connectivity index (χ4v) is 4.74. The number of rotatable bonds is 13. The summed E-state index contributed by atoms with van der Waals surface area (Å²) in [4.78, 5) is 2.43. The first-order valence-corrected chi connectivity index (χ1v) is 12.2. The molecule has 0 saturated carbocycles. The molecule has 0 aliphatic carbocycles. The van der Waals surface area contributed by atoms with Crippen LogP contribution >= 0.6 is 0 Å². The van der Waals surface area contributed by atoms with E-state index in [9.17, 15) is 14.4 Å². The zero-order chi connectivity index (χ0) is 21.6. The minimum Gasteiger partial charge on any atom is -0.388 e. The smallest absolute Gasteiger partial charge is 0.177 e. The summed E-state index contributed by atoms with van der Waals surface area (Å²) in [6, 6.07) is -0.765. The molecule has 30 heavy (non-hydrogen) atoms. The van der Waals surface area contributed by atoms with E-state index in [0.29, 0.717) is 26.4 Å². The molecule has 176 valence electrons. The molecule has 0 aromatic heterocycles. The summed E-state index contributed by atoms with van der Waals surface area (Å²) in [5.41, 5.74) is -1.13. The van der Waals surface area contributed by atoms with Crippen molar-refractivity contribution in [3.05, 3.63) is 0 Å². The summed E-state index contributed by atoms with van der Waals surface area (Å²) < 4.78 is 42.1. The molecule has 0 amide bonds. The lowest BCUT2D eigenvalue weighted by Crippen LogP contribution is -2.66. The van der Waals surface area contributed by atoms with Crippen molar-refractivity contribution in [2.75, 3.05) is 72.1 Å². The van der Waals surface area contributed by atoms with E-state index in [4.69, 9.17) is 23.7 Å². The van der Waals surface area contributed by atoms with Gasteiger partial charge in [0.15, 0.2) is 6.29 Å². The summed E-state index contributed by atoms with van der Waals surface area (Å²) in [7, 11) is -1.37. The highest BCUT2D eigenvalue weighted by atomic mass is 32.2. The third-order valence-electron chi connectivity index (χ3n) is 5.82. The van der Waals surface area contributed by atoms with Gasteiger partial charge in [-0.15, -0.1) is 0 Å². The predicted octanol–water partition coefficient (Wildman–Crippen LogP) is -1.52. The molecule has 3 rings (SSSR count). The lowest BCUT2D eigenvalue weighted by Gasteiger charge is -2.42. The summed E-state index contributed by atoms with van der Waals surface area (Å²) in [5, 5.41) is 20.8. The van der Waals surface area contributed by atoms with Crippen LogP contribution in [0.5, 0.6) is 0 Å². The first-order valence-electron chi connectivity index (χ1n) is 10.6. The van der Waals surface area contributed by atoms with Crippen LogP contribution < -0.4 is 4.72 Å². The Morgan fingerprint density at radius 2 is 1.87 bits per heavy atom. The van der Waals surface area contributed by atoms with Gasteiger partial charge < -0.3 is 38.8 Å². The topological polar surface area (TPSA) is 119 Å². The second-order valence-corrected chi connectivity index (χ2v) is 9.51. The molecular weight excluding hydrogens is 416 g/mol. The van der Waals surface area contributed by atoms with Crippen LogP contribution in [0.25, 0.3) is 0 Å². The predicted molar refractivity (Wildman–Crippen MR) is 109 cm³/mol. The maximum Gasteiger partial charge on any atom is 0.177 e. The molecule has 10 nitrogen and oxygen atoms in total. The van der Waals surface area contributed by atoms with Crippen molar-refractivity contribution in [2.45, 2.75) is 43.5 Å². The molecule has 3 N–H and O–H groups in total. The average molecular weight is 453 g/mol. The molecule has 3 heterocycles. The molecule has 0 aromatic carbocycles. The monoisotopic (exact) mass is 452 g/mol. The molecule has 7 atom stereocenters. The highest BCUT2D eigenvalue weighted by Gasteiger charge is 2.59. The van der Waals surface area contributed by atoms with Gasteiger partial charge in [-0.3, -0.25) is 0 Å². The van der Waals surface area contributed by atoms with Crippen LogP contribution in [-0.2, 0) is 34.7 Å². The Morgan fingerprint density at radius 1 is 1.17 bits per heavy atom. The van der Waals surface area contributed by atoms with Crippen LogP contribution in [0, 0.1) is 5.92 Å². The summed E-state index contributed by atoms with van der Waals surface area (Å²) in [6.45, 7) is 8.21. The van der Waals surface area contributed by atoms with Crippen molar-refractivity contribution in [3.63, 3.8) is 0 Å². The zero-order valence-electron chi connectivity index (χ0n) is 17.9. The van der Waals surface area contributed by atoms with Crippen molar-refractivity contribution >= 4 is 11.0 Å². The molecule has 11 heteroatoms. The molecule has 3 fully saturated rings. The number of aliphatic hydroxyl groups excluding tert-OH is 2. The SMILES string of the molecule is CC1CCN(CCOCCOCCOC[C@@]23CO[C@@H](O2)[C@@H](NS(C)=O)[C@@H](O)[C@H]3O)C1. The van der Waals surface area contributed by atoms with Crippen molar-refractivity contribution in [1.82, 2.24) is 9.62 Å². The van der Waals surface area contributed by atoms with Gasteiger partial charge in [0.25, 0.3) is 0 Å². The van der Waals surface area contributed by atoms with E-state index in [1.807, 2.05) is 0 Å². The highest BCUT2D eigenvalue weighted by Crippen LogP contribution is 2.37. The van der Waals surface area contributed by atoms with E-state index in [1.54, 1.807) is 0 Å². The third kappa shape index (κ3) is 6.41. The second-order valence-electron chi connectivity index (χ2n) is 8.37. The maximum absolute atomic E-state index is 11.4. The van der Waals surface area contributed by atoms with Gasteiger partial charge in [0.2, 0.25) is 0 Å². The average Bonchev–Trinajstić information content (AvgIpc) is 3.31. The van der Waals surface area contributed by atoms with Crippen LogP contribution in [0.3, 0.4) is 0 Å². The van der Waals surface area contributed by atoms with E-state index in [-0.39, 0.29) is 13.2 Å². The Bertz CT molecular complexity index is 559. The number of aliphatic hydroxyl groups is 2. The Morgan fingerprint density at radius 3 is 2.53 bits per heavy atom. The van der Waals surface area contributed by atoms with Crippen molar-refractivity contribution in [1.29, 1.82) is 0 Å². The van der Waals surface area contributed by atoms with Gasteiger partial charge in [-0.25, -0.2) is 8.93 Å². The lowest BCUT2D eigenvalue weighted by molar-refractivity contribution is -0.235. The number of nitrogens with one attached hydrogen (secondary N) is 1. The fourth-order valence-electron chi connectivity index (χ4n) is 4.11. The molecule has 3 aliphatic rings. The molecule has 2 unspecified atom stereocenters. The Hall–Kier alpha value is -0.210. The summed E-state index contributed by atoms with van der Waals surface area (Å²) in [6.07, 6.45) is -0.456. The van der Waals surface area contributed by atoms with Gasteiger partial charge >= 0.3 is 0 Å². The second kappa shape index (κ2) is 11.6. The standard InChI is InChI=1S/C19H36N2O8S/c1-14-3-4-21(11-14)5-6-25-7-8-26-9-10-27-12-19-13-28-18(29-19)15(20-30(2)24)16(22)17(19)23/h14-18,20,22-23H,3-13H2,1-2H3/t14?,15-,16+,17+,18-,19-,30?/m0/s1. The van der Waals surface area contributed by atoms with E-state index < -0.39 is 41.1 Å². The van der Waals surface area contributed by atoms with Gasteiger partial charge in [-0.2, -0.15) is 0 Å². The molecule has 0 radical (unpaired) electrons. The summed E-state index contributed by atoms with van der Waals surface area (Å²) >= 11 is 0. The van der Waals surface area contributed by atoms with E-state index in [0.717, 1.165) is 32.2 Å². The molecule has 2 bridgehead atoms. The van der Waals surface area contributed by atoms with Crippen LogP contribution in [-0.4, -0.2) is 122 Å². The van der Waals surface area contributed by atoms with Crippen LogP contribution in [0.1, 0.15) is 13.3 Å². The molecule has 0 spiro atoms. The number of fused-ring (bicyclic) bond motifs is 2. The molecular formula is C19H36N2O8S. The third-order valence-corrected chi connectivity index (χ3v) is 6.42. The number of likely N-dealkylation sites (tertiary alicyclic amines) is 1. The number of ether oxygens (including phenoxy) is 5. The molecule has 3 saturated heterocycles. The van der Waals surface area contributed by atoms with Gasteiger partial charge in [0.05, 0.1) is 63.3 Å². The van der Waals surface area contributed by atoms with E-state index in [1.165, 1.54) is 12.7 Å². The van der Waals surface area contributed by atoms with Gasteiger partial charge in [0.1, 0.15) is 17.8 Å². The quantitative estimate of drug-likeness (QED) is 0.286. The van der Waals surface area contributed by atoms with Crippen molar-refractivity contribution < 1.29 is 38.1 Å². The number of hydrogen-bond donors (Lipinski definition) is 3. The minimum atomic E-state index is -1.37. The Kier molecular flexibility index (Phi) is 9.44. The van der Waals surface area contributed by atoms with Gasteiger partial charge in [-0.05, 0) is 18.9 Å². The Labute approximate surface area is 180 Å². The van der Waals surface area contributed by atoms with Crippen LogP contribution in [0.2, 0.25) is 0 Å². The zero-order valence-corrected chi connectivity index (χ0v) is 18.7. The van der Waals surface area contributed by atoms with Crippen LogP contribution in [0.15, 0.2) is 0 Å². The minimum absolute atomic E-state index is 0.0672. The first kappa shape index (κ1) is 24.4. The van der Waals surface area contributed by atoms with E-state index in [2.05, 4.69) is 16.5 Å². The highest BCUT2D eigenvalue weighted by molar-refractivity contribution is 7.82. The number of nitrogens with zero attached hydrogens (tertiary/aromatic N) is 1. The molecule has 3 aliphatic heterocycles. The first-order chi connectivity index (χ1) is 14.4. The normalized spacial score (nSPS) is 37.7. The van der Waals surface area contributed by atoms with Gasteiger partial charge in [-0.1, -0.05) is 6.92 Å². The van der Waals surface area contributed by atoms with Crippen LogP contribution in [0.4, 0.5) is 0 Å². The van der Waals surface area contributed by atoms with Crippen molar-refractivity contribution in [3.8, 4) is 0 Å². The van der Waals surface area contributed by atoms with Crippen molar-refractivity contribution in [2.24, 2.45) is 5.92 Å².